The number of thioether (sulfide) groups is 1. The molecule has 2 unspecified atom stereocenters. The van der Waals surface area contributed by atoms with Gasteiger partial charge >= 0.3 is 5.97 Å². The average molecular weight is 502 g/mol. The molecule has 2 aliphatic rings. The highest BCUT2D eigenvalue weighted by molar-refractivity contribution is 8.00. The van der Waals surface area contributed by atoms with Gasteiger partial charge in [0.25, 0.3) is 0 Å². The third-order valence-electron chi connectivity index (χ3n) is 6.93. The van der Waals surface area contributed by atoms with Crippen molar-refractivity contribution in [3.8, 4) is 11.4 Å². The molecule has 7 nitrogen and oxygen atoms in total. The lowest BCUT2D eigenvalue weighted by atomic mass is 9.65. The minimum atomic E-state index is -0.865. The van der Waals surface area contributed by atoms with Crippen molar-refractivity contribution in [3.05, 3.63) is 30.1 Å². The molecule has 4 atom stereocenters. The van der Waals surface area contributed by atoms with Gasteiger partial charge < -0.3 is 15.4 Å². The van der Waals surface area contributed by atoms with Crippen LogP contribution < -0.4 is 5.32 Å². The molecule has 2 aliphatic carbocycles. The van der Waals surface area contributed by atoms with E-state index in [4.69, 9.17) is 0 Å². The summed E-state index contributed by atoms with van der Waals surface area (Å²) in [5, 5.41) is 13.8. The number of fused-ring (bicyclic) bond motifs is 3. The van der Waals surface area contributed by atoms with Gasteiger partial charge in [0.15, 0.2) is 17.5 Å². The Morgan fingerprint density at radius 3 is 2.77 bits per heavy atom. The fourth-order valence-electron chi connectivity index (χ4n) is 5.50. The molecule has 2 saturated carbocycles. The van der Waals surface area contributed by atoms with Gasteiger partial charge in [-0.2, -0.15) is 4.39 Å². The van der Waals surface area contributed by atoms with Crippen LogP contribution in [0, 0.1) is 29.4 Å². The number of hydrogen-bond acceptors (Lipinski definition) is 6. The van der Waals surface area contributed by atoms with E-state index in [0.717, 1.165) is 31.9 Å². The third kappa shape index (κ3) is 4.85. The summed E-state index contributed by atoms with van der Waals surface area (Å²) >= 11 is 1.27. The predicted octanol–water partition coefficient (Wildman–Crippen LogP) is 5.88. The maximum Gasteiger partial charge on any atom is 0.308 e. The van der Waals surface area contributed by atoms with E-state index >= 15 is 4.39 Å². The molecule has 186 valence electrons. The zero-order chi connectivity index (χ0) is 24.9. The second kappa shape index (κ2) is 9.04. The number of carboxylic acids is 1. The van der Waals surface area contributed by atoms with E-state index in [1.807, 2.05) is 20.8 Å². The largest absolute Gasteiger partial charge is 0.481 e. The number of rotatable bonds is 5. The van der Waals surface area contributed by atoms with Crippen molar-refractivity contribution in [2.45, 2.75) is 68.7 Å². The minimum Gasteiger partial charge on any atom is -0.481 e. The van der Waals surface area contributed by atoms with Crippen molar-refractivity contribution < 1.29 is 18.7 Å². The number of anilines is 1. The van der Waals surface area contributed by atoms with Gasteiger partial charge in [-0.15, -0.1) is 0 Å². The summed E-state index contributed by atoms with van der Waals surface area (Å²) in [7, 11) is 0. The Hall–Kier alpha value is -2.75. The van der Waals surface area contributed by atoms with Gasteiger partial charge in [-0.25, -0.2) is 19.3 Å². The van der Waals surface area contributed by atoms with Crippen LogP contribution in [0.15, 0.2) is 23.5 Å². The number of pyridine rings is 1. The summed E-state index contributed by atoms with van der Waals surface area (Å²) in [5.74, 6) is -1.81. The normalized spacial score (nSPS) is 24.5. The van der Waals surface area contributed by atoms with Crippen molar-refractivity contribution in [1.29, 1.82) is 0 Å². The molecule has 3 aromatic rings. The maximum atomic E-state index is 15.8. The van der Waals surface area contributed by atoms with E-state index in [1.54, 1.807) is 6.20 Å². The molecular formula is C25H29F2N5O2S. The number of H-pyrrole nitrogens is 1. The lowest BCUT2D eigenvalue weighted by Crippen LogP contribution is -2.47. The van der Waals surface area contributed by atoms with Gasteiger partial charge in [0, 0.05) is 27.9 Å². The number of aromatic nitrogens is 4. The number of aliphatic carboxylic acids is 1. The molecule has 0 radical (unpaired) electrons. The van der Waals surface area contributed by atoms with E-state index < -0.39 is 29.6 Å². The molecule has 0 aliphatic heterocycles. The lowest BCUT2D eigenvalue weighted by Gasteiger charge is -2.44. The van der Waals surface area contributed by atoms with Crippen LogP contribution in [0.2, 0.25) is 0 Å². The van der Waals surface area contributed by atoms with Crippen LogP contribution in [-0.2, 0) is 4.79 Å². The van der Waals surface area contributed by atoms with Crippen LogP contribution in [0.5, 0.6) is 0 Å². The van der Waals surface area contributed by atoms with Crippen LogP contribution in [0.3, 0.4) is 0 Å². The Morgan fingerprint density at radius 2 is 2.03 bits per heavy atom. The molecule has 3 aromatic heterocycles. The zero-order valence-corrected chi connectivity index (χ0v) is 20.8. The first kappa shape index (κ1) is 24.0. The molecule has 5 rings (SSSR count). The Labute approximate surface area is 206 Å². The molecule has 3 heterocycles. The van der Waals surface area contributed by atoms with E-state index in [-0.39, 0.29) is 27.3 Å². The summed E-state index contributed by atoms with van der Waals surface area (Å²) < 4.78 is 29.4. The third-order valence-corrected chi connectivity index (χ3v) is 8.01. The highest BCUT2D eigenvalue weighted by Crippen LogP contribution is 2.45. The first-order valence-corrected chi connectivity index (χ1v) is 12.8. The van der Waals surface area contributed by atoms with Crippen LogP contribution in [0.25, 0.3) is 22.4 Å². The second-order valence-electron chi connectivity index (χ2n) is 10.6. The summed E-state index contributed by atoms with van der Waals surface area (Å²) in [4.78, 5) is 28.2. The average Bonchev–Trinajstić information content (AvgIpc) is 3.20. The Balaban J connectivity index is 1.60. The number of hydrogen-bond donors (Lipinski definition) is 3. The van der Waals surface area contributed by atoms with Crippen molar-refractivity contribution in [1.82, 2.24) is 19.9 Å². The zero-order valence-electron chi connectivity index (χ0n) is 19.9. The van der Waals surface area contributed by atoms with E-state index in [1.165, 1.54) is 17.8 Å². The van der Waals surface area contributed by atoms with Crippen molar-refractivity contribution in [2.75, 3.05) is 5.32 Å². The Bertz CT molecular complexity index is 1270. The summed E-state index contributed by atoms with van der Waals surface area (Å²) in [6, 6.07) is 0.921. The SMILES string of the molecule is CC(C)(C)Sc1nc(-c2c[nH]c3ncc(F)cc23)nc(N[C@H]2C3CCCC(C3)C[C@@H]2C(=O)O)c1F. The van der Waals surface area contributed by atoms with Crippen molar-refractivity contribution in [3.63, 3.8) is 0 Å². The number of carboxylic acid groups (broad SMARTS) is 1. The van der Waals surface area contributed by atoms with Gasteiger partial charge in [-0.1, -0.05) is 45.4 Å². The standard InChI is InChI=1S/C25H29F2N5O2S/c1-25(2,3)35-23-18(27)22(30-19-13-6-4-5-12(7-13)8-16(19)24(33)34)31-21(32-23)17-11-29-20-15(17)9-14(26)10-28-20/h9-13,16,19H,4-8H2,1-3H3,(H,28,29)(H,33,34)(H,30,31,32)/t12?,13?,16-,19-/m0/s1. The fraction of sp³-hybridized carbons (Fsp3) is 0.520. The Morgan fingerprint density at radius 1 is 1.23 bits per heavy atom. The highest BCUT2D eigenvalue weighted by atomic mass is 32.2. The number of carbonyl (C=O) groups is 1. The second-order valence-corrected chi connectivity index (χ2v) is 12.4. The molecule has 0 saturated heterocycles. The van der Waals surface area contributed by atoms with Gasteiger partial charge in [0.2, 0.25) is 0 Å². The van der Waals surface area contributed by atoms with Crippen LogP contribution in [-0.4, -0.2) is 41.8 Å². The lowest BCUT2D eigenvalue weighted by molar-refractivity contribution is -0.145. The van der Waals surface area contributed by atoms with Gasteiger partial charge in [0.05, 0.1) is 12.1 Å². The summed E-state index contributed by atoms with van der Waals surface area (Å²) in [5.41, 5.74) is 0.974. The number of nitrogens with one attached hydrogen (secondary N) is 2. The highest BCUT2D eigenvalue weighted by Gasteiger charge is 2.43. The topological polar surface area (TPSA) is 104 Å². The minimum absolute atomic E-state index is 0.0132. The van der Waals surface area contributed by atoms with Crippen LogP contribution in [0.1, 0.15) is 52.9 Å². The van der Waals surface area contributed by atoms with E-state index in [0.29, 0.717) is 28.9 Å². The molecule has 0 spiro atoms. The molecule has 2 bridgehead atoms. The molecule has 2 fully saturated rings. The van der Waals surface area contributed by atoms with Crippen LogP contribution >= 0.6 is 11.8 Å². The summed E-state index contributed by atoms with van der Waals surface area (Å²) in [6.45, 7) is 5.88. The smallest absolute Gasteiger partial charge is 0.308 e. The monoisotopic (exact) mass is 501 g/mol. The van der Waals surface area contributed by atoms with Crippen molar-refractivity contribution >= 4 is 34.6 Å². The quantitative estimate of drug-likeness (QED) is 0.296. The molecule has 10 heteroatoms. The molecule has 35 heavy (non-hydrogen) atoms. The van der Waals surface area contributed by atoms with Gasteiger partial charge in [-0.3, -0.25) is 4.79 Å². The summed E-state index contributed by atoms with van der Waals surface area (Å²) in [6.07, 6.45) is 7.29. The van der Waals surface area contributed by atoms with Gasteiger partial charge in [0.1, 0.15) is 16.5 Å². The fourth-order valence-corrected chi connectivity index (χ4v) is 6.40. The first-order chi connectivity index (χ1) is 16.6. The van der Waals surface area contributed by atoms with Crippen molar-refractivity contribution in [2.24, 2.45) is 17.8 Å². The van der Waals surface area contributed by atoms with E-state index in [2.05, 4.69) is 25.3 Å². The van der Waals surface area contributed by atoms with Gasteiger partial charge in [-0.05, 0) is 37.2 Å². The number of halogens is 2. The maximum absolute atomic E-state index is 15.8. The molecule has 3 N–H and O–H groups in total. The molecular weight excluding hydrogens is 472 g/mol. The molecule has 0 amide bonds. The number of nitrogens with zero attached hydrogens (tertiary/aromatic N) is 3. The van der Waals surface area contributed by atoms with E-state index in [9.17, 15) is 14.3 Å². The number of aromatic amines is 1. The van der Waals surface area contributed by atoms with Crippen LogP contribution in [0.4, 0.5) is 14.6 Å². The predicted molar refractivity (Wildman–Crippen MR) is 131 cm³/mol. The molecule has 0 aromatic carbocycles. The first-order valence-electron chi connectivity index (χ1n) is 12.0. The Kier molecular flexibility index (Phi) is 6.19.